The monoisotopic (exact) mass is 618 g/mol. The van der Waals surface area contributed by atoms with E-state index in [1.807, 2.05) is 0 Å². The van der Waals surface area contributed by atoms with Gasteiger partial charge in [-0.05, 0) is 44.5 Å². The molecule has 1 aliphatic heterocycles. The first-order valence-electron chi connectivity index (χ1n) is 14.4. The molecule has 3 aliphatic carbocycles. The molecule has 1 aromatic carbocycles. The number of nitrogens with one attached hydrogen (secondary N) is 1. The number of likely N-dealkylation sites (tertiary alicyclic amines) is 1. The highest BCUT2D eigenvalue weighted by Crippen LogP contribution is 2.55. The highest BCUT2D eigenvalue weighted by molar-refractivity contribution is 6.25. The van der Waals surface area contributed by atoms with Gasteiger partial charge in [0.2, 0.25) is 5.78 Å². The van der Waals surface area contributed by atoms with Crippen molar-refractivity contribution >= 4 is 17.5 Å². The molecule has 7 atom stereocenters. The van der Waals surface area contributed by atoms with E-state index in [4.69, 9.17) is 15.3 Å². The molecule has 1 amide bonds. The van der Waals surface area contributed by atoms with Crippen LogP contribution in [0.5, 0.6) is 5.75 Å². The average molecular weight is 619 g/mol. The average Bonchev–Trinajstić information content (AvgIpc) is 2.97. The molecular weight excluding hydrogens is 580 g/mol. The number of rotatable bonds is 7. The number of aliphatic hydroxyl groups excluding tert-OH is 3. The van der Waals surface area contributed by atoms with Gasteiger partial charge in [0.25, 0.3) is 5.91 Å². The highest BCUT2D eigenvalue weighted by atomic mass is 17.1. The molecule has 0 bridgehead atoms. The summed E-state index contributed by atoms with van der Waals surface area (Å²) in [5, 5.41) is 77.2. The van der Waals surface area contributed by atoms with Crippen LogP contribution < -0.4 is 5.32 Å². The molecule has 5 rings (SSSR count). The maximum Gasteiger partial charge on any atom is 0.259 e. The Morgan fingerprint density at radius 1 is 1.16 bits per heavy atom. The Morgan fingerprint density at radius 2 is 1.86 bits per heavy atom. The fourth-order valence-electron chi connectivity index (χ4n) is 7.44. The summed E-state index contributed by atoms with van der Waals surface area (Å²) in [4.78, 5) is 49.1. The fraction of sp³-hybridized carbons (Fsp3) is 0.552. The molecule has 15 heteroatoms. The van der Waals surface area contributed by atoms with E-state index in [-0.39, 0.29) is 30.6 Å². The van der Waals surface area contributed by atoms with Crippen LogP contribution in [0.1, 0.15) is 48.0 Å². The first-order valence-corrected chi connectivity index (χ1v) is 14.4. The molecule has 4 aliphatic rings. The number of amides is 1. The molecule has 44 heavy (non-hydrogen) atoms. The predicted molar refractivity (Wildman–Crippen MR) is 149 cm³/mol. The van der Waals surface area contributed by atoms with Gasteiger partial charge in [-0.1, -0.05) is 25.5 Å². The molecule has 1 unspecified atom stereocenters. The van der Waals surface area contributed by atoms with Crippen molar-refractivity contribution in [3.63, 3.8) is 0 Å². The Morgan fingerprint density at radius 3 is 2.52 bits per heavy atom. The molecule has 1 aromatic rings. The number of phenolic OH excluding ortho intramolecular Hbond substituents is 1. The maximum absolute atomic E-state index is 14.0. The van der Waals surface area contributed by atoms with Crippen LogP contribution in [0, 0.1) is 11.8 Å². The van der Waals surface area contributed by atoms with Gasteiger partial charge in [0.1, 0.15) is 22.8 Å². The van der Waals surface area contributed by atoms with Gasteiger partial charge < -0.3 is 30.8 Å². The van der Waals surface area contributed by atoms with Crippen molar-refractivity contribution in [2.24, 2.45) is 11.8 Å². The van der Waals surface area contributed by atoms with Crippen LogP contribution in [0.15, 0.2) is 40.9 Å². The number of aromatic hydroxyl groups is 1. The van der Waals surface area contributed by atoms with Crippen LogP contribution in [0.3, 0.4) is 0 Å². The van der Waals surface area contributed by atoms with Crippen LogP contribution in [0.2, 0.25) is 0 Å². The molecule has 0 saturated carbocycles. The van der Waals surface area contributed by atoms with Gasteiger partial charge in [0.05, 0.1) is 42.3 Å². The lowest BCUT2D eigenvalue weighted by atomic mass is 9.55. The van der Waals surface area contributed by atoms with Gasteiger partial charge >= 0.3 is 0 Å². The SMILES string of the molecule is C[C@H]1c2cccc(O)c2C(=O)C2=C(O)[C@]3(O)C(=O)C(C(=O)NCN4CCCCC4CON(O)O)=C(O)[C@@H](N(C)C)[C@@H]3[C@@H](O)[C@@H]21. The Bertz CT molecular complexity index is 1430. The van der Waals surface area contributed by atoms with E-state index in [0.29, 0.717) is 18.5 Å². The Kier molecular flexibility index (Phi) is 8.60. The predicted octanol–water partition coefficient (Wildman–Crippen LogP) is 0.107. The number of fused-ring (bicyclic) bond motifs is 3. The van der Waals surface area contributed by atoms with E-state index >= 15 is 0 Å². The van der Waals surface area contributed by atoms with Gasteiger partial charge in [-0.15, -0.1) is 0 Å². The smallest absolute Gasteiger partial charge is 0.259 e. The summed E-state index contributed by atoms with van der Waals surface area (Å²) in [6.07, 6.45) is 0.578. The van der Waals surface area contributed by atoms with Crippen molar-refractivity contribution in [2.75, 3.05) is 33.9 Å². The summed E-state index contributed by atoms with van der Waals surface area (Å²) in [5.41, 5.74) is -3.97. The lowest BCUT2D eigenvalue weighted by molar-refractivity contribution is -0.494. The van der Waals surface area contributed by atoms with Gasteiger partial charge in [-0.3, -0.25) is 34.6 Å². The molecule has 1 saturated heterocycles. The second kappa shape index (κ2) is 11.8. The second-order valence-corrected chi connectivity index (χ2v) is 12.1. The number of hydrogen-bond acceptors (Lipinski definition) is 14. The normalized spacial score (nSPS) is 32.6. The van der Waals surface area contributed by atoms with Crippen LogP contribution >= 0.6 is 0 Å². The summed E-state index contributed by atoms with van der Waals surface area (Å²) < 4.78 is 0. The second-order valence-electron chi connectivity index (χ2n) is 12.1. The van der Waals surface area contributed by atoms with Crippen molar-refractivity contribution in [1.82, 2.24) is 20.5 Å². The van der Waals surface area contributed by atoms with E-state index in [1.165, 1.54) is 31.1 Å². The summed E-state index contributed by atoms with van der Waals surface area (Å²) >= 11 is 0. The van der Waals surface area contributed by atoms with Gasteiger partial charge in [-0.2, -0.15) is 0 Å². The summed E-state index contributed by atoms with van der Waals surface area (Å²) in [6.45, 7) is 1.95. The zero-order valence-electron chi connectivity index (χ0n) is 24.5. The molecule has 8 N–H and O–H groups in total. The minimum Gasteiger partial charge on any atom is -0.510 e. The lowest BCUT2D eigenvalue weighted by Crippen LogP contribution is -2.68. The number of piperidine rings is 1. The van der Waals surface area contributed by atoms with E-state index < -0.39 is 81.0 Å². The van der Waals surface area contributed by atoms with Crippen LogP contribution in [0.25, 0.3) is 0 Å². The third-order valence-electron chi connectivity index (χ3n) is 9.55. The quantitative estimate of drug-likeness (QED) is 0.150. The molecule has 0 spiro atoms. The fourth-order valence-corrected chi connectivity index (χ4v) is 7.44. The Balaban J connectivity index is 1.53. The van der Waals surface area contributed by atoms with Crippen LogP contribution in [-0.2, 0) is 14.4 Å². The van der Waals surface area contributed by atoms with Crippen molar-refractivity contribution in [1.29, 1.82) is 0 Å². The lowest BCUT2D eigenvalue weighted by Gasteiger charge is -2.53. The summed E-state index contributed by atoms with van der Waals surface area (Å²) in [5.74, 6) is -8.78. The number of Topliss-reactive ketones (excluding diaryl/α,β-unsaturated/α-hetero) is 2. The van der Waals surface area contributed by atoms with Gasteiger partial charge in [-0.25, -0.2) is 4.84 Å². The molecule has 0 aromatic heterocycles. The highest BCUT2D eigenvalue weighted by Gasteiger charge is 2.67. The van der Waals surface area contributed by atoms with Crippen molar-refractivity contribution < 1.29 is 55.2 Å². The maximum atomic E-state index is 14.0. The van der Waals surface area contributed by atoms with Crippen molar-refractivity contribution in [2.45, 2.75) is 55.9 Å². The van der Waals surface area contributed by atoms with Crippen LogP contribution in [0.4, 0.5) is 0 Å². The molecule has 1 heterocycles. The van der Waals surface area contributed by atoms with E-state index in [2.05, 4.69) is 5.32 Å². The number of carbonyl (C=O) groups is 3. The number of ketones is 2. The number of carbonyl (C=O) groups excluding carboxylic acids is 3. The third kappa shape index (κ3) is 4.89. The minimum atomic E-state index is -2.97. The summed E-state index contributed by atoms with van der Waals surface area (Å²) in [6, 6.07) is 2.78. The molecule has 240 valence electrons. The zero-order valence-corrected chi connectivity index (χ0v) is 24.5. The van der Waals surface area contributed by atoms with Gasteiger partial charge in [0.15, 0.2) is 11.4 Å². The molecule has 15 nitrogen and oxygen atoms in total. The number of nitrogens with zero attached hydrogens (tertiary/aromatic N) is 3. The van der Waals surface area contributed by atoms with E-state index in [0.717, 1.165) is 12.8 Å². The Labute approximate surface area is 252 Å². The Hall–Kier alpha value is -3.41. The van der Waals surface area contributed by atoms with Crippen molar-refractivity contribution in [3.05, 3.63) is 52.0 Å². The number of phenols is 1. The molecule has 1 fully saturated rings. The summed E-state index contributed by atoms with van der Waals surface area (Å²) in [7, 11) is 3.00. The minimum absolute atomic E-state index is 0.106. The number of hydrogen-bond donors (Lipinski definition) is 8. The number of likely N-dealkylation sites (N-methyl/N-ethyl adjacent to an activating group) is 1. The largest absolute Gasteiger partial charge is 0.510 e. The zero-order chi connectivity index (χ0) is 32.2. The third-order valence-corrected chi connectivity index (χ3v) is 9.55. The first kappa shape index (κ1) is 32.0. The molecular formula is C29H38N4O11. The van der Waals surface area contributed by atoms with E-state index in [1.54, 1.807) is 17.9 Å². The number of benzene rings is 1. The van der Waals surface area contributed by atoms with Gasteiger partial charge in [0, 0.05) is 24.1 Å². The number of aliphatic hydroxyl groups is 4. The van der Waals surface area contributed by atoms with Crippen LogP contribution in [-0.4, -0.2) is 126 Å². The standard InChI is InChI=1S/C29H38N4O11/c1-13-15-8-6-9-16(34)18(15)23(35)19-17(13)24(36)21-22(31(2)3)25(37)20(27(39)29(21,41)26(19)38)28(40)30-12-32-10-5-4-7-14(32)11-44-33(42)43/h6,8-9,13-14,17,21-22,24,34,36-38,41-43H,4-5,7,10-12H2,1-3H3,(H,30,40)/t13-,14?,17+,21+,22-,24-,29-/m0/s1. The molecule has 0 radical (unpaired) electrons. The first-order chi connectivity index (χ1) is 20.7. The topological polar surface area (TPSA) is 224 Å². The van der Waals surface area contributed by atoms with E-state index in [9.17, 15) is 39.9 Å². The van der Waals surface area contributed by atoms with Crippen molar-refractivity contribution in [3.8, 4) is 5.75 Å².